The van der Waals surface area contributed by atoms with Gasteiger partial charge in [-0.2, -0.15) is 4.98 Å². The van der Waals surface area contributed by atoms with Crippen molar-refractivity contribution >= 4 is 12.0 Å². The van der Waals surface area contributed by atoms with Crippen molar-refractivity contribution in [3.8, 4) is 0 Å². The molecule has 0 saturated carbocycles. The number of oxazole rings is 1. The van der Waals surface area contributed by atoms with Crippen LogP contribution in [-0.2, 0) is 4.74 Å². The molecule has 1 rings (SSSR count). The van der Waals surface area contributed by atoms with Gasteiger partial charge in [-0.15, -0.1) is 0 Å². The summed E-state index contributed by atoms with van der Waals surface area (Å²) in [5.41, 5.74) is 0.214. The van der Waals surface area contributed by atoms with Crippen LogP contribution in [0.4, 0.5) is 6.01 Å². The molecule has 0 fully saturated rings. The van der Waals surface area contributed by atoms with Gasteiger partial charge in [0.1, 0.15) is 6.26 Å². The third-order valence-corrected chi connectivity index (χ3v) is 2.40. The van der Waals surface area contributed by atoms with Crippen molar-refractivity contribution in [2.75, 3.05) is 45.7 Å². The predicted molar refractivity (Wildman–Crippen MR) is 68.9 cm³/mol. The van der Waals surface area contributed by atoms with Crippen LogP contribution in [0, 0.1) is 0 Å². The Morgan fingerprint density at radius 2 is 2.11 bits per heavy atom. The zero-order valence-electron chi connectivity index (χ0n) is 11.5. The highest BCUT2D eigenvalue weighted by atomic mass is 16.5. The standard InChI is InChI=1S/C12H21N3O3/c1-5-17-11(16)10-9-18-12(13-10)15(4)8-6-7-14(2)3/h9H,5-8H2,1-4H3. The first kappa shape index (κ1) is 14.5. The van der Waals surface area contributed by atoms with E-state index in [1.165, 1.54) is 6.26 Å². The fourth-order valence-electron chi connectivity index (χ4n) is 1.46. The maximum atomic E-state index is 11.4. The lowest BCUT2D eigenvalue weighted by Crippen LogP contribution is -2.23. The Morgan fingerprint density at radius 3 is 2.72 bits per heavy atom. The Bertz CT molecular complexity index is 376. The van der Waals surface area contributed by atoms with Crippen LogP contribution in [0.25, 0.3) is 0 Å². The maximum absolute atomic E-state index is 11.4. The van der Waals surface area contributed by atoms with Crippen molar-refractivity contribution in [1.82, 2.24) is 9.88 Å². The molecule has 0 aliphatic heterocycles. The number of rotatable bonds is 7. The highest BCUT2D eigenvalue weighted by molar-refractivity contribution is 5.87. The van der Waals surface area contributed by atoms with Crippen LogP contribution >= 0.6 is 0 Å². The van der Waals surface area contributed by atoms with Crippen LogP contribution < -0.4 is 4.90 Å². The summed E-state index contributed by atoms with van der Waals surface area (Å²) >= 11 is 0. The molecule has 0 atom stereocenters. The molecule has 0 aromatic carbocycles. The van der Waals surface area contributed by atoms with Gasteiger partial charge in [0.15, 0.2) is 5.69 Å². The Kier molecular flexibility index (Phi) is 5.64. The van der Waals surface area contributed by atoms with E-state index in [2.05, 4.69) is 9.88 Å². The third-order valence-electron chi connectivity index (χ3n) is 2.40. The molecule has 0 unspecified atom stereocenters. The fourth-order valence-corrected chi connectivity index (χ4v) is 1.46. The van der Waals surface area contributed by atoms with Crippen molar-refractivity contribution < 1.29 is 13.9 Å². The lowest BCUT2D eigenvalue weighted by atomic mass is 10.4. The molecule has 0 N–H and O–H groups in total. The summed E-state index contributed by atoms with van der Waals surface area (Å²) in [6.45, 7) is 3.91. The highest BCUT2D eigenvalue weighted by Crippen LogP contribution is 2.13. The summed E-state index contributed by atoms with van der Waals surface area (Å²) in [4.78, 5) is 19.5. The molecule has 0 radical (unpaired) electrons. The normalized spacial score (nSPS) is 10.7. The number of anilines is 1. The second-order valence-corrected chi connectivity index (χ2v) is 4.31. The summed E-state index contributed by atoms with van der Waals surface area (Å²) < 4.78 is 10.1. The van der Waals surface area contributed by atoms with Crippen molar-refractivity contribution in [2.24, 2.45) is 0 Å². The molecular formula is C12H21N3O3. The minimum Gasteiger partial charge on any atom is -0.461 e. The second-order valence-electron chi connectivity index (χ2n) is 4.31. The van der Waals surface area contributed by atoms with E-state index in [4.69, 9.17) is 9.15 Å². The van der Waals surface area contributed by atoms with E-state index in [-0.39, 0.29) is 5.69 Å². The van der Waals surface area contributed by atoms with Crippen LogP contribution in [0.2, 0.25) is 0 Å². The van der Waals surface area contributed by atoms with E-state index in [9.17, 15) is 4.79 Å². The number of hydrogen-bond donors (Lipinski definition) is 0. The van der Waals surface area contributed by atoms with Gasteiger partial charge in [0.2, 0.25) is 0 Å². The van der Waals surface area contributed by atoms with Crippen LogP contribution in [-0.4, -0.2) is 56.7 Å². The van der Waals surface area contributed by atoms with Crippen LogP contribution in [0.5, 0.6) is 0 Å². The molecule has 0 spiro atoms. The lowest BCUT2D eigenvalue weighted by Gasteiger charge is -2.15. The van der Waals surface area contributed by atoms with Crippen molar-refractivity contribution in [3.63, 3.8) is 0 Å². The number of nitrogens with zero attached hydrogens (tertiary/aromatic N) is 3. The zero-order chi connectivity index (χ0) is 13.5. The van der Waals surface area contributed by atoms with Gasteiger partial charge in [0.05, 0.1) is 6.61 Å². The first-order chi connectivity index (χ1) is 8.54. The van der Waals surface area contributed by atoms with Gasteiger partial charge in [0.25, 0.3) is 6.01 Å². The predicted octanol–water partition coefficient (Wildman–Crippen LogP) is 1.24. The molecule has 6 heteroatoms. The van der Waals surface area contributed by atoms with E-state index < -0.39 is 5.97 Å². The average Bonchev–Trinajstić information content (AvgIpc) is 2.78. The van der Waals surface area contributed by atoms with Crippen LogP contribution in [0.1, 0.15) is 23.8 Å². The smallest absolute Gasteiger partial charge is 0.360 e. The molecule has 1 aromatic heterocycles. The topological polar surface area (TPSA) is 58.8 Å². The number of ether oxygens (including phenoxy) is 1. The largest absolute Gasteiger partial charge is 0.461 e. The SMILES string of the molecule is CCOC(=O)c1coc(N(C)CCCN(C)C)n1. The summed E-state index contributed by atoms with van der Waals surface area (Å²) in [6.07, 6.45) is 2.33. The molecule has 0 bridgehead atoms. The molecular weight excluding hydrogens is 234 g/mol. The fraction of sp³-hybridized carbons (Fsp3) is 0.667. The Balaban J connectivity index is 2.48. The molecule has 6 nitrogen and oxygen atoms in total. The van der Waals surface area contributed by atoms with Crippen molar-refractivity contribution in [1.29, 1.82) is 0 Å². The van der Waals surface area contributed by atoms with Gasteiger partial charge < -0.3 is 19.0 Å². The van der Waals surface area contributed by atoms with Crippen LogP contribution in [0.15, 0.2) is 10.7 Å². The molecule has 0 aliphatic carbocycles. The van der Waals surface area contributed by atoms with Gasteiger partial charge in [-0.05, 0) is 34.0 Å². The van der Waals surface area contributed by atoms with Crippen molar-refractivity contribution in [3.05, 3.63) is 12.0 Å². The third kappa shape index (κ3) is 4.37. The number of carbonyl (C=O) groups is 1. The van der Waals surface area contributed by atoms with Gasteiger partial charge in [0, 0.05) is 13.6 Å². The second kappa shape index (κ2) is 7.00. The molecule has 1 heterocycles. The molecule has 0 saturated heterocycles. The lowest BCUT2D eigenvalue weighted by molar-refractivity contribution is 0.0519. The van der Waals surface area contributed by atoms with E-state index in [1.807, 2.05) is 26.0 Å². The Morgan fingerprint density at radius 1 is 1.39 bits per heavy atom. The van der Waals surface area contributed by atoms with Gasteiger partial charge in [-0.3, -0.25) is 0 Å². The molecule has 0 amide bonds. The maximum Gasteiger partial charge on any atom is 0.360 e. The number of aromatic nitrogens is 1. The van der Waals surface area contributed by atoms with Crippen LogP contribution in [0.3, 0.4) is 0 Å². The number of carbonyl (C=O) groups excluding carboxylic acids is 1. The van der Waals surface area contributed by atoms with Gasteiger partial charge in [-0.25, -0.2) is 4.79 Å². The monoisotopic (exact) mass is 255 g/mol. The zero-order valence-corrected chi connectivity index (χ0v) is 11.5. The molecule has 0 aliphatic rings. The number of hydrogen-bond acceptors (Lipinski definition) is 6. The number of esters is 1. The summed E-state index contributed by atoms with van der Waals surface area (Å²) in [7, 11) is 5.95. The van der Waals surface area contributed by atoms with Crippen molar-refractivity contribution in [2.45, 2.75) is 13.3 Å². The molecule has 102 valence electrons. The highest BCUT2D eigenvalue weighted by Gasteiger charge is 2.15. The average molecular weight is 255 g/mol. The minimum atomic E-state index is -0.450. The summed E-state index contributed by atoms with van der Waals surface area (Å²) in [6, 6.07) is 0.441. The van der Waals surface area contributed by atoms with E-state index in [0.717, 1.165) is 19.5 Å². The van der Waals surface area contributed by atoms with Gasteiger partial charge >= 0.3 is 5.97 Å². The van der Waals surface area contributed by atoms with Gasteiger partial charge in [-0.1, -0.05) is 0 Å². The Hall–Kier alpha value is -1.56. The minimum absolute atomic E-state index is 0.214. The summed E-state index contributed by atoms with van der Waals surface area (Å²) in [5, 5.41) is 0. The molecule has 18 heavy (non-hydrogen) atoms. The Labute approximate surface area is 108 Å². The first-order valence-corrected chi connectivity index (χ1v) is 6.03. The summed E-state index contributed by atoms with van der Waals surface area (Å²) in [5.74, 6) is -0.450. The quantitative estimate of drug-likeness (QED) is 0.683. The first-order valence-electron chi connectivity index (χ1n) is 6.03. The van der Waals surface area contributed by atoms with E-state index in [0.29, 0.717) is 12.6 Å². The molecule has 1 aromatic rings. The van der Waals surface area contributed by atoms with E-state index in [1.54, 1.807) is 6.92 Å². The van der Waals surface area contributed by atoms with E-state index >= 15 is 0 Å².